The van der Waals surface area contributed by atoms with Crippen molar-refractivity contribution in [1.82, 2.24) is 20.7 Å². The van der Waals surface area contributed by atoms with Crippen LogP contribution in [0.25, 0.3) is 17.0 Å². The molecule has 0 aliphatic carbocycles. The number of aromatic nitrogens is 1. The van der Waals surface area contributed by atoms with Gasteiger partial charge in [0, 0.05) is 48.9 Å². The summed E-state index contributed by atoms with van der Waals surface area (Å²) in [6, 6.07) is 23.4. The molecule has 0 fully saturated rings. The third-order valence-electron chi connectivity index (χ3n) is 6.42. The van der Waals surface area contributed by atoms with E-state index in [1.165, 1.54) is 45.9 Å². The van der Waals surface area contributed by atoms with Crippen molar-refractivity contribution < 1.29 is 9.18 Å². The van der Waals surface area contributed by atoms with Crippen LogP contribution in [0, 0.1) is 12.7 Å². The van der Waals surface area contributed by atoms with Gasteiger partial charge in [0.05, 0.1) is 0 Å². The van der Waals surface area contributed by atoms with Crippen molar-refractivity contribution in [3.63, 3.8) is 0 Å². The van der Waals surface area contributed by atoms with Crippen LogP contribution in [0.3, 0.4) is 0 Å². The van der Waals surface area contributed by atoms with Gasteiger partial charge in [-0.25, -0.2) is 9.82 Å². The quantitative estimate of drug-likeness (QED) is 0.129. The number of benzene rings is 3. The summed E-state index contributed by atoms with van der Waals surface area (Å²) in [4.78, 5) is 17.8. The van der Waals surface area contributed by atoms with Crippen molar-refractivity contribution in [1.29, 1.82) is 0 Å². The van der Waals surface area contributed by atoms with E-state index in [1.54, 1.807) is 0 Å². The minimum Gasteiger partial charge on any atom is -0.358 e. The fourth-order valence-corrected chi connectivity index (χ4v) is 4.47. The summed E-state index contributed by atoms with van der Waals surface area (Å²) in [5, 5.41) is 1.27. The van der Waals surface area contributed by atoms with Crippen LogP contribution in [-0.2, 0) is 24.3 Å². The molecule has 0 atom stereocenters. The van der Waals surface area contributed by atoms with Crippen LogP contribution in [-0.4, -0.2) is 28.9 Å². The number of nitrogens with zero attached hydrogens (tertiary/aromatic N) is 1. The first kappa shape index (κ1) is 26.3. The molecule has 4 rings (SSSR count). The average molecular weight is 499 g/mol. The van der Waals surface area contributed by atoms with Gasteiger partial charge in [0.1, 0.15) is 5.82 Å². The molecule has 1 heterocycles. The number of amides is 1. The van der Waals surface area contributed by atoms with Gasteiger partial charge in [-0.15, -0.1) is 0 Å². The van der Waals surface area contributed by atoms with Crippen molar-refractivity contribution >= 4 is 22.9 Å². The molecule has 0 unspecified atom stereocenters. The number of hydrogen-bond acceptors (Lipinski definition) is 3. The number of para-hydroxylation sites is 1. The summed E-state index contributed by atoms with van der Waals surface area (Å²) >= 11 is 0. The molecule has 0 saturated heterocycles. The first-order valence-corrected chi connectivity index (χ1v) is 12.8. The van der Waals surface area contributed by atoms with E-state index in [0.29, 0.717) is 0 Å². The minimum absolute atomic E-state index is 0.171. The van der Waals surface area contributed by atoms with Crippen LogP contribution in [0.4, 0.5) is 4.39 Å². The number of hydrazine groups is 1. The smallest absolute Gasteiger partial charge is 0.258 e. The SMILES string of the molecule is CCCNNC(=O)/C=C/c1ccc(CN(CCc2c(C)[nH]c3ccccc23)Cc2ccc(F)cc2)cc1. The second-order valence-electron chi connectivity index (χ2n) is 9.35. The molecule has 5 nitrogen and oxygen atoms in total. The van der Waals surface area contributed by atoms with Crippen LogP contribution >= 0.6 is 0 Å². The second kappa shape index (κ2) is 13.0. The highest BCUT2D eigenvalue weighted by Gasteiger charge is 2.12. The number of carbonyl (C=O) groups excluding carboxylic acids is 1. The predicted molar refractivity (Wildman–Crippen MR) is 149 cm³/mol. The van der Waals surface area contributed by atoms with Gasteiger partial charge in [-0.05, 0) is 66.3 Å². The normalized spacial score (nSPS) is 11.6. The molecule has 4 aromatic rings. The number of H-pyrrole nitrogens is 1. The third kappa shape index (κ3) is 7.62. The second-order valence-corrected chi connectivity index (χ2v) is 9.35. The van der Waals surface area contributed by atoms with Gasteiger partial charge in [-0.3, -0.25) is 15.1 Å². The highest BCUT2D eigenvalue weighted by Crippen LogP contribution is 2.23. The molecular weight excluding hydrogens is 463 g/mol. The van der Waals surface area contributed by atoms with E-state index in [9.17, 15) is 9.18 Å². The number of halogens is 1. The molecular formula is C31H35FN4O. The zero-order chi connectivity index (χ0) is 26.0. The Kier molecular flexibility index (Phi) is 9.24. The maximum Gasteiger partial charge on any atom is 0.258 e. The molecule has 192 valence electrons. The van der Waals surface area contributed by atoms with Crippen LogP contribution in [0.1, 0.15) is 41.3 Å². The molecule has 3 N–H and O–H groups in total. The maximum absolute atomic E-state index is 13.5. The van der Waals surface area contributed by atoms with E-state index in [0.717, 1.165) is 50.1 Å². The third-order valence-corrected chi connectivity index (χ3v) is 6.42. The first-order valence-electron chi connectivity index (χ1n) is 12.8. The molecule has 0 aliphatic heterocycles. The highest BCUT2D eigenvalue weighted by atomic mass is 19.1. The maximum atomic E-state index is 13.5. The van der Waals surface area contributed by atoms with Crippen molar-refractivity contribution in [2.75, 3.05) is 13.1 Å². The summed E-state index contributed by atoms with van der Waals surface area (Å²) < 4.78 is 13.5. The lowest BCUT2D eigenvalue weighted by Gasteiger charge is -2.23. The van der Waals surface area contributed by atoms with E-state index in [2.05, 4.69) is 64.1 Å². The van der Waals surface area contributed by atoms with E-state index < -0.39 is 0 Å². The molecule has 0 spiro atoms. The fourth-order valence-electron chi connectivity index (χ4n) is 4.47. The number of aromatic amines is 1. The zero-order valence-corrected chi connectivity index (χ0v) is 21.6. The van der Waals surface area contributed by atoms with Gasteiger partial charge < -0.3 is 4.98 Å². The number of carbonyl (C=O) groups is 1. The molecule has 1 aromatic heterocycles. The van der Waals surface area contributed by atoms with Crippen molar-refractivity contribution in [3.05, 3.63) is 113 Å². The zero-order valence-electron chi connectivity index (χ0n) is 21.6. The molecule has 6 heteroatoms. The van der Waals surface area contributed by atoms with Gasteiger partial charge in [-0.1, -0.05) is 61.5 Å². The monoisotopic (exact) mass is 498 g/mol. The lowest BCUT2D eigenvalue weighted by Crippen LogP contribution is -2.36. The number of aryl methyl sites for hydroxylation is 1. The van der Waals surface area contributed by atoms with Gasteiger partial charge in [-0.2, -0.15) is 0 Å². The topological polar surface area (TPSA) is 60.2 Å². The number of nitrogens with one attached hydrogen (secondary N) is 3. The Morgan fingerprint density at radius 3 is 2.35 bits per heavy atom. The molecule has 0 aliphatic rings. The summed E-state index contributed by atoms with van der Waals surface area (Å²) in [7, 11) is 0. The molecule has 37 heavy (non-hydrogen) atoms. The Morgan fingerprint density at radius 2 is 1.65 bits per heavy atom. The Labute approximate surface area is 218 Å². The fraction of sp³-hybridized carbons (Fsp3) is 0.258. The van der Waals surface area contributed by atoms with Gasteiger partial charge >= 0.3 is 0 Å². The summed E-state index contributed by atoms with van der Waals surface area (Å²) in [5.74, 6) is -0.390. The largest absolute Gasteiger partial charge is 0.358 e. The summed E-state index contributed by atoms with van der Waals surface area (Å²) in [6.45, 7) is 7.28. The summed E-state index contributed by atoms with van der Waals surface area (Å²) in [5.41, 5.74) is 12.5. The Bertz CT molecular complexity index is 1330. The molecule has 3 aromatic carbocycles. The molecule has 0 saturated carbocycles. The molecule has 0 bridgehead atoms. The van der Waals surface area contributed by atoms with Crippen molar-refractivity contribution in [3.8, 4) is 0 Å². The van der Waals surface area contributed by atoms with Crippen molar-refractivity contribution in [2.24, 2.45) is 0 Å². The van der Waals surface area contributed by atoms with Crippen LogP contribution in [0.5, 0.6) is 0 Å². The van der Waals surface area contributed by atoms with E-state index in [-0.39, 0.29) is 11.7 Å². The van der Waals surface area contributed by atoms with E-state index in [4.69, 9.17) is 0 Å². The van der Waals surface area contributed by atoms with Gasteiger partial charge in [0.25, 0.3) is 5.91 Å². The van der Waals surface area contributed by atoms with Gasteiger partial charge in [0.15, 0.2) is 0 Å². The van der Waals surface area contributed by atoms with Crippen LogP contribution < -0.4 is 10.9 Å². The van der Waals surface area contributed by atoms with E-state index in [1.807, 2.05) is 37.3 Å². The van der Waals surface area contributed by atoms with Crippen LogP contribution in [0.15, 0.2) is 78.9 Å². The lowest BCUT2D eigenvalue weighted by atomic mass is 10.1. The Morgan fingerprint density at radius 1 is 0.973 bits per heavy atom. The first-order chi connectivity index (χ1) is 18.0. The van der Waals surface area contributed by atoms with Gasteiger partial charge in [0.2, 0.25) is 0 Å². The predicted octanol–water partition coefficient (Wildman–Crippen LogP) is 5.90. The molecule has 1 amide bonds. The highest BCUT2D eigenvalue weighted by molar-refractivity contribution is 5.91. The lowest BCUT2D eigenvalue weighted by molar-refractivity contribution is -0.117. The number of rotatable bonds is 12. The average Bonchev–Trinajstić information content (AvgIpc) is 3.23. The Hall–Kier alpha value is -3.74. The van der Waals surface area contributed by atoms with Crippen LogP contribution in [0.2, 0.25) is 0 Å². The number of fused-ring (bicyclic) bond motifs is 1. The number of hydrogen-bond donors (Lipinski definition) is 3. The minimum atomic E-state index is -0.219. The van der Waals surface area contributed by atoms with Crippen molar-refractivity contribution in [2.45, 2.75) is 39.8 Å². The Balaban J connectivity index is 1.44. The summed E-state index contributed by atoms with van der Waals surface area (Å²) in [6.07, 6.45) is 5.20. The molecule has 0 radical (unpaired) electrons. The van der Waals surface area contributed by atoms with E-state index >= 15 is 0 Å². The standard InChI is InChI=1S/C31H35FN4O/c1-3-19-33-35-31(37)17-14-24-8-10-25(11-9-24)21-36(22-26-12-15-27(32)16-13-26)20-18-28-23(2)34-30-7-5-4-6-29(28)30/h4-17,33-34H,3,18-22H2,1-2H3,(H,35,37)/b17-14+.